The highest BCUT2D eigenvalue weighted by Crippen LogP contribution is 2.22. The molecule has 1 aliphatic heterocycles. The Morgan fingerprint density at radius 3 is 2.75 bits per heavy atom. The van der Waals surface area contributed by atoms with E-state index in [0.717, 1.165) is 43.9 Å². The van der Waals surface area contributed by atoms with E-state index < -0.39 is 0 Å². The van der Waals surface area contributed by atoms with E-state index in [-0.39, 0.29) is 0 Å². The molecule has 0 aromatic heterocycles. The molecule has 0 amide bonds. The lowest BCUT2D eigenvalue weighted by Crippen LogP contribution is -2.44. The lowest BCUT2D eigenvalue weighted by Gasteiger charge is -2.28. The number of rotatable bonds is 4. The van der Waals surface area contributed by atoms with E-state index in [4.69, 9.17) is 17.3 Å². The van der Waals surface area contributed by atoms with Gasteiger partial charge >= 0.3 is 0 Å². The van der Waals surface area contributed by atoms with Gasteiger partial charge in [-0.25, -0.2) is 0 Å². The van der Waals surface area contributed by atoms with Gasteiger partial charge in [0.1, 0.15) is 0 Å². The van der Waals surface area contributed by atoms with E-state index >= 15 is 0 Å². The summed E-state index contributed by atoms with van der Waals surface area (Å²) in [4.78, 5) is 6.50. The van der Waals surface area contributed by atoms with E-state index in [1.165, 1.54) is 0 Å². The van der Waals surface area contributed by atoms with E-state index in [9.17, 15) is 0 Å². The highest BCUT2D eigenvalue weighted by atomic mass is 35.5. The summed E-state index contributed by atoms with van der Waals surface area (Å²) in [5.41, 5.74) is 8.90. The average Bonchev–Trinajstić information content (AvgIpc) is 2.48. The van der Waals surface area contributed by atoms with Crippen LogP contribution in [0.1, 0.15) is 5.56 Å². The first-order chi connectivity index (χ1) is 9.72. The number of nitrogens with zero attached hydrogens (tertiary/aromatic N) is 2. The third-order valence-corrected chi connectivity index (χ3v) is 3.73. The minimum Gasteiger partial charge on any atom is -0.398 e. The molecule has 1 aromatic carbocycles. The molecule has 1 fully saturated rings. The molecule has 1 saturated heterocycles. The summed E-state index contributed by atoms with van der Waals surface area (Å²) in [7, 11) is 1.76. The number of nitrogens with two attached hydrogens (primary N) is 1. The Labute approximate surface area is 125 Å². The zero-order valence-corrected chi connectivity index (χ0v) is 12.5. The van der Waals surface area contributed by atoms with E-state index in [1.54, 1.807) is 7.05 Å². The van der Waals surface area contributed by atoms with Gasteiger partial charge in [-0.2, -0.15) is 0 Å². The van der Waals surface area contributed by atoms with Gasteiger partial charge in [0, 0.05) is 67.8 Å². The lowest BCUT2D eigenvalue weighted by atomic mass is 10.1. The number of aliphatic imine (C=N–C) groups is 1. The van der Waals surface area contributed by atoms with Gasteiger partial charge in [-0.15, -0.1) is 0 Å². The fourth-order valence-electron chi connectivity index (χ4n) is 2.31. The predicted octanol–water partition coefficient (Wildman–Crippen LogP) is 1.62. The Morgan fingerprint density at radius 1 is 1.40 bits per heavy atom. The zero-order valence-electron chi connectivity index (χ0n) is 11.8. The molecule has 0 spiro atoms. The van der Waals surface area contributed by atoms with Crippen molar-refractivity contribution in [3.63, 3.8) is 0 Å². The summed E-state index contributed by atoms with van der Waals surface area (Å²) in [5.74, 6) is 0. The molecule has 20 heavy (non-hydrogen) atoms. The summed E-state index contributed by atoms with van der Waals surface area (Å²) in [5, 5.41) is 4.02. The molecule has 0 aliphatic carbocycles. The molecule has 4 nitrogen and oxygen atoms in total. The minimum atomic E-state index is 0.673. The molecule has 1 aromatic rings. The molecule has 5 heteroatoms. The van der Waals surface area contributed by atoms with Gasteiger partial charge in [0.25, 0.3) is 0 Å². The van der Waals surface area contributed by atoms with Crippen LogP contribution in [0.3, 0.4) is 0 Å². The molecule has 0 radical (unpaired) electrons. The van der Waals surface area contributed by atoms with Crippen LogP contribution in [0.2, 0.25) is 5.02 Å². The van der Waals surface area contributed by atoms with Crippen LogP contribution in [0, 0.1) is 0 Å². The maximum absolute atomic E-state index is 6.30. The van der Waals surface area contributed by atoms with Crippen LogP contribution in [-0.4, -0.2) is 50.9 Å². The average molecular weight is 293 g/mol. The standard InChI is InChI=1S/C15H21ClN4/c1-18-10-12(11-20-8-6-19-7-9-20)15(17)13-4-2-3-5-14(13)16/h2-5,10,19H,6-9,11,17H2,1H3/b15-12+,18-10?. The fraction of sp³-hybridized carbons (Fsp3) is 0.400. The maximum atomic E-state index is 6.30. The first kappa shape index (κ1) is 15.0. The number of nitrogens with one attached hydrogen (secondary N) is 1. The summed E-state index contributed by atoms with van der Waals surface area (Å²) < 4.78 is 0. The molecule has 0 bridgehead atoms. The van der Waals surface area contributed by atoms with Crippen molar-refractivity contribution < 1.29 is 0 Å². The lowest BCUT2D eigenvalue weighted by molar-refractivity contribution is 0.262. The van der Waals surface area contributed by atoms with Crippen molar-refractivity contribution in [2.24, 2.45) is 10.7 Å². The van der Waals surface area contributed by atoms with Crippen LogP contribution in [0.4, 0.5) is 0 Å². The topological polar surface area (TPSA) is 53.6 Å². The molecule has 0 unspecified atom stereocenters. The number of hydrogen-bond acceptors (Lipinski definition) is 4. The second-order valence-corrected chi connectivity index (χ2v) is 5.24. The first-order valence-electron chi connectivity index (χ1n) is 6.81. The van der Waals surface area contributed by atoms with Gasteiger partial charge in [0.15, 0.2) is 0 Å². The normalized spacial score (nSPS) is 18.3. The highest BCUT2D eigenvalue weighted by molar-refractivity contribution is 6.32. The zero-order chi connectivity index (χ0) is 14.4. The molecule has 0 atom stereocenters. The Balaban J connectivity index is 2.25. The third kappa shape index (κ3) is 3.82. The molecule has 2 rings (SSSR count). The van der Waals surface area contributed by atoms with Crippen molar-refractivity contribution in [1.82, 2.24) is 10.2 Å². The molecule has 1 aliphatic rings. The van der Waals surface area contributed by atoms with Crippen molar-refractivity contribution in [3.05, 3.63) is 40.4 Å². The molecular weight excluding hydrogens is 272 g/mol. The predicted molar refractivity (Wildman–Crippen MR) is 86.3 cm³/mol. The quantitative estimate of drug-likeness (QED) is 0.829. The molecule has 0 saturated carbocycles. The highest BCUT2D eigenvalue weighted by Gasteiger charge is 2.14. The second kappa shape index (κ2) is 7.43. The van der Waals surface area contributed by atoms with Crippen LogP contribution in [0.5, 0.6) is 0 Å². The van der Waals surface area contributed by atoms with Gasteiger partial charge in [-0.05, 0) is 6.07 Å². The van der Waals surface area contributed by atoms with Crippen LogP contribution in [0.25, 0.3) is 5.70 Å². The minimum absolute atomic E-state index is 0.673. The number of halogens is 1. The van der Waals surface area contributed by atoms with E-state index in [2.05, 4.69) is 15.2 Å². The second-order valence-electron chi connectivity index (χ2n) is 4.83. The Bertz CT molecular complexity index is 504. The maximum Gasteiger partial charge on any atom is 0.0499 e. The van der Waals surface area contributed by atoms with Crippen molar-refractivity contribution in [3.8, 4) is 0 Å². The number of piperazine rings is 1. The van der Waals surface area contributed by atoms with Crippen molar-refractivity contribution in [1.29, 1.82) is 0 Å². The molecule has 3 N–H and O–H groups in total. The third-order valence-electron chi connectivity index (χ3n) is 3.40. The van der Waals surface area contributed by atoms with Gasteiger partial charge in [-0.1, -0.05) is 29.8 Å². The number of benzene rings is 1. The van der Waals surface area contributed by atoms with Gasteiger partial charge < -0.3 is 11.1 Å². The van der Waals surface area contributed by atoms with Crippen LogP contribution in [0.15, 0.2) is 34.8 Å². The Morgan fingerprint density at radius 2 is 2.10 bits per heavy atom. The van der Waals surface area contributed by atoms with Crippen LogP contribution >= 0.6 is 11.6 Å². The van der Waals surface area contributed by atoms with Crippen LogP contribution < -0.4 is 11.1 Å². The van der Waals surface area contributed by atoms with Crippen molar-refractivity contribution in [2.45, 2.75) is 0 Å². The smallest absolute Gasteiger partial charge is 0.0499 e. The van der Waals surface area contributed by atoms with Gasteiger partial charge in [0.2, 0.25) is 0 Å². The molecule has 108 valence electrons. The summed E-state index contributed by atoms with van der Waals surface area (Å²) in [6.07, 6.45) is 1.83. The fourth-order valence-corrected chi connectivity index (χ4v) is 2.55. The van der Waals surface area contributed by atoms with Gasteiger partial charge in [-0.3, -0.25) is 9.89 Å². The van der Waals surface area contributed by atoms with Crippen molar-refractivity contribution in [2.75, 3.05) is 39.8 Å². The van der Waals surface area contributed by atoms with Crippen LogP contribution in [-0.2, 0) is 0 Å². The Kier molecular flexibility index (Phi) is 5.59. The van der Waals surface area contributed by atoms with E-state index in [0.29, 0.717) is 10.7 Å². The van der Waals surface area contributed by atoms with Crippen molar-refractivity contribution >= 4 is 23.5 Å². The molecule has 1 heterocycles. The molecular formula is C15H21ClN4. The monoisotopic (exact) mass is 292 g/mol. The Hall–Kier alpha value is -1.36. The first-order valence-corrected chi connectivity index (χ1v) is 7.19. The number of hydrogen-bond donors (Lipinski definition) is 2. The SMILES string of the molecule is CN=C/C(CN1CCNCC1)=C(\N)c1ccccc1Cl. The van der Waals surface area contributed by atoms with Gasteiger partial charge in [0.05, 0.1) is 0 Å². The summed E-state index contributed by atoms with van der Waals surface area (Å²) in [6, 6.07) is 7.65. The summed E-state index contributed by atoms with van der Waals surface area (Å²) in [6.45, 7) is 4.88. The largest absolute Gasteiger partial charge is 0.398 e. The summed E-state index contributed by atoms with van der Waals surface area (Å²) >= 11 is 6.22. The van der Waals surface area contributed by atoms with E-state index in [1.807, 2.05) is 30.5 Å².